The monoisotopic (exact) mass is 312 g/mol. The SMILES string of the molecule is COc1ccc(S(=O)(=O)NCCc2nccs2)cc1C. The van der Waals surface area contributed by atoms with Gasteiger partial charge in [0.2, 0.25) is 10.0 Å². The van der Waals surface area contributed by atoms with Gasteiger partial charge in [0.15, 0.2) is 0 Å². The average Bonchev–Trinajstić information content (AvgIpc) is 2.91. The summed E-state index contributed by atoms with van der Waals surface area (Å²) in [5.74, 6) is 0.673. The van der Waals surface area contributed by atoms with Crippen molar-refractivity contribution >= 4 is 21.4 Å². The standard InChI is InChI=1S/C13H16N2O3S2/c1-10-9-11(3-4-12(10)18-2)20(16,17)15-6-5-13-14-7-8-19-13/h3-4,7-9,15H,5-6H2,1-2H3. The fourth-order valence-corrected chi connectivity index (χ4v) is 3.51. The molecule has 0 spiro atoms. The quantitative estimate of drug-likeness (QED) is 0.885. The topological polar surface area (TPSA) is 68.3 Å². The van der Waals surface area contributed by atoms with E-state index >= 15 is 0 Å². The molecule has 108 valence electrons. The van der Waals surface area contributed by atoms with Gasteiger partial charge in [0.25, 0.3) is 0 Å². The lowest BCUT2D eigenvalue weighted by molar-refractivity contribution is 0.411. The smallest absolute Gasteiger partial charge is 0.240 e. The van der Waals surface area contributed by atoms with E-state index in [1.807, 2.05) is 12.3 Å². The van der Waals surface area contributed by atoms with E-state index in [-0.39, 0.29) is 4.90 Å². The Bertz CT molecular complexity index is 667. The normalized spacial score (nSPS) is 11.5. The van der Waals surface area contributed by atoms with E-state index in [2.05, 4.69) is 9.71 Å². The maximum absolute atomic E-state index is 12.1. The molecule has 0 saturated carbocycles. The van der Waals surface area contributed by atoms with Gasteiger partial charge in [-0.05, 0) is 30.7 Å². The molecule has 1 heterocycles. The van der Waals surface area contributed by atoms with Gasteiger partial charge in [-0.1, -0.05) is 0 Å². The zero-order valence-electron chi connectivity index (χ0n) is 11.3. The molecular weight excluding hydrogens is 296 g/mol. The second-order valence-corrected chi connectivity index (χ2v) is 6.95. The van der Waals surface area contributed by atoms with Crippen LogP contribution in [0.4, 0.5) is 0 Å². The summed E-state index contributed by atoms with van der Waals surface area (Å²) in [4.78, 5) is 4.36. The third-order valence-corrected chi connectivity index (χ3v) is 5.09. The van der Waals surface area contributed by atoms with E-state index in [0.717, 1.165) is 10.6 Å². The first-order valence-electron chi connectivity index (χ1n) is 6.05. The predicted molar refractivity (Wildman–Crippen MR) is 78.7 cm³/mol. The summed E-state index contributed by atoms with van der Waals surface area (Å²) in [6, 6.07) is 4.80. The molecule has 20 heavy (non-hydrogen) atoms. The van der Waals surface area contributed by atoms with Crippen molar-refractivity contribution in [1.82, 2.24) is 9.71 Å². The zero-order chi connectivity index (χ0) is 14.6. The van der Waals surface area contributed by atoms with Crippen LogP contribution >= 0.6 is 11.3 Å². The lowest BCUT2D eigenvalue weighted by Gasteiger charge is -2.09. The minimum absolute atomic E-state index is 0.245. The summed E-state index contributed by atoms with van der Waals surface area (Å²) in [7, 11) is -1.93. The number of nitrogens with one attached hydrogen (secondary N) is 1. The molecule has 0 atom stereocenters. The van der Waals surface area contributed by atoms with Gasteiger partial charge in [0.1, 0.15) is 5.75 Å². The van der Waals surface area contributed by atoms with E-state index in [1.165, 1.54) is 17.4 Å². The van der Waals surface area contributed by atoms with Crippen molar-refractivity contribution in [1.29, 1.82) is 0 Å². The lowest BCUT2D eigenvalue weighted by Crippen LogP contribution is -2.26. The Morgan fingerprint density at radius 3 is 2.80 bits per heavy atom. The molecule has 0 bridgehead atoms. The maximum Gasteiger partial charge on any atom is 0.240 e. The van der Waals surface area contributed by atoms with Gasteiger partial charge in [-0.3, -0.25) is 0 Å². The van der Waals surface area contributed by atoms with E-state index in [9.17, 15) is 8.42 Å². The molecule has 0 amide bonds. The summed E-state index contributed by atoms with van der Waals surface area (Å²) in [5.41, 5.74) is 0.787. The molecule has 0 saturated heterocycles. The largest absolute Gasteiger partial charge is 0.496 e. The molecule has 0 aliphatic carbocycles. The van der Waals surface area contributed by atoms with Crippen LogP contribution in [0.25, 0.3) is 0 Å². The second kappa shape index (κ2) is 6.34. The Hall–Kier alpha value is -1.44. The van der Waals surface area contributed by atoms with Crippen LogP contribution in [0, 0.1) is 6.92 Å². The third-order valence-electron chi connectivity index (χ3n) is 2.79. The van der Waals surface area contributed by atoms with Crippen molar-refractivity contribution in [3.8, 4) is 5.75 Å². The van der Waals surface area contributed by atoms with E-state index < -0.39 is 10.0 Å². The van der Waals surface area contributed by atoms with Gasteiger partial charge in [0, 0.05) is 24.5 Å². The van der Waals surface area contributed by atoms with Gasteiger partial charge in [0.05, 0.1) is 17.0 Å². The van der Waals surface area contributed by atoms with Crippen LogP contribution in [0.3, 0.4) is 0 Å². The molecule has 5 nitrogen and oxygen atoms in total. The lowest BCUT2D eigenvalue weighted by atomic mass is 10.2. The number of rotatable bonds is 6. The third kappa shape index (κ3) is 3.56. The molecule has 1 aromatic carbocycles. The fourth-order valence-electron chi connectivity index (χ4n) is 1.77. The summed E-state index contributed by atoms with van der Waals surface area (Å²) in [6.45, 7) is 2.15. The van der Waals surface area contributed by atoms with Crippen LogP contribution in [0.2, 0.25) is 0 Å². The Kier molecular flexibility index (Phi) is 4.74. The first kappa shape index (κ1) is 15.0. The Morgan fingerprint density at radius 1 is 1.40 bits per heavy atom. The molecule has 0 fully saturated rings. The van der Waals surface area contributed by atoms with Crippen LogP contribution in [-0.2, 0) is 16.4 Å². The Balaban J connectivity index is 2.04. The Morgan fingerprint density at radius 2 is 2.20 bits per heavy atom. The summed E-state index contributed by atoms with van der Waals surface area (Å²) in [6.07, 6.45) is 2.30. The van der Waals surface area contributed by atoms with Crippen LogP contribution < -0.4 is 9.46 Å². The number of methoxy groups -OCH3 is 1. The molecular formula is C13H16N2O3S2. The highest BCUT2D eigenvalue weighted by atomic mass is 32.2. The first-order valence-corrected chi connectivity index (χ1v) is 8.42. The molecule has 1 aromatic heterocycles. The Labute approximate surface area is 122 Å². The predicted octanol–water partition coefficient (Wildman–Crippen LogP) is 1.98. The van der Waals surface area contributed by atoms with Crippen molar-refractivity contribution in [3.63, 3.8) is 0 Å². The second-order valence-electron chi connectivity index (χ2n) is 4.21. The van der Waals surface area contributed by atoms with E-state index in [4.69, 9.17) is 4.74 Å². The van der Waals surface area contributed by atoms with Crippen LogP contribution in [0.1, 0.15) is 10.6 Å². The van der Waals surface area contributed by atoms with Crippen LogP contribution in [-0.4, -0.2) is 27.1 Å². The van der Waals surface area contributed by atoms with Gasteiger partial charge in [-0.2, -0.15) is 0 Å². The van der Waals surface area contributed by atoms with Crippen molar-refractivity contribution in [2.45, 2.75) is 18.2 Å². The molecule has 2 aromatic rings. The summed E-state index contributed by atoms with van der Waals surface area (Å²) in [5, 5.41) is 2.79. The number of nitrogens with zero attached hydrogens (tertiary/aromatic N) is 1. The van der Waals surface area contributed by atoms with Crippen molar-refractivity contribution in [3.05, 3.63) is 40.3 Å². The highest BCUT2D eigenvalue weighted by Crippen LogP contribution is 2.21. The fraction of sp³-hybridized carbons (Fsp3) is 0.308. The number of hydrogen-bond acceptors (Lipinski definition) is 5. The van der Waals surface area contributed by atoms with Gasteiger partial charge in [-0.15, -0.1) is 11.3 Å². The van der Waals surface area contributed by atoms with Crippen molar-refractivity contribution in [2.75, 3.05) is 13.7 Å². The molecule has 1 N–H and O–H groups in total. The van der Waals surface area contributed by atoms with E-state index in [1.54, 1.807) is 25.4 Å². The number of aromatic nitrogens is 1. The van der Waals surface area contributed by atoms with Gasteiger partial charge in [-0.25, -0.2) is 18.1 Å². The van der Waals surface area contributed by atoms with Crippen LogP contribution in [0.5, 0.6) is 5.75 Å². The molecule has 0 aliphatic rings. The van der Waals surface area contributed by atoms with Crippen LogP contribution in [0.15, 0.2) is 34.7 Å². The number of sulfonamides is 1. The van der Waals surface area contributed by atoms with Crippen molar-refractivity contribution < 1.29 is 13.2 Å². The number of hydrogen-bond donors (Lipinski definition) is 1. The molecule has 0 radical (unpaired) electrons. The minimum Gasteiger partial charge on any atom is -0.496 e. The first-order chi connectivity index (χ1) is 9.53. The number of thiazole rings is 1. The highest BCUT2D eigenvalue weighted by Gasteiger charge is 2.15. The number of benzene rings is 1. The van der Waals surface area contributed by atoms with Gasteiger partial charge >= 0.3 is 0 Å². The maximum atomic E-state index is 12.1. The molecule has 7 heteroatoms. The zero-order valence-corrected chi connectivity index (χ0v) is 12.9. The number of aryl methyl sites for hydroxylation is 1. The van der Waals surface area contributed by atoms with Gasteiger partial charge < -0.3 is 4.74 Å². The van der Waals surface area contributed by atoms with Crippen molar-refractivity contribution in [2.24, 2.45) is 0 Å². The number of ether oxygens (including phenoxy) is 1. The van der Waals surface area contributed by atoms with E-state index in [0.29, 0.717) is 18.7 Å². The molecule has 0 unspecified atom stereocenters. The average molecular weight is 312 g/mol. The molecule has 0 aliphatic heterocycles. The summed E-state index contributed by atoms with van der Waals surface area (Å²) >= 11 is 1.51. The summed E-state index contributed by atoms with van der Waals surface area (Å²) < 4.78 is 32.0. The minimum atomic E-state index is -3.49. The molecule has 2 rings (SSSR count). The highest BCUT2D eigenvalue weighted by molar-refractivity contribution is 7.89.